The van der Waals surface area contributed by atoms with Gasteiger partial charge in [-0.2, -0.15) is 5.26 Å². The first-order valence-electron chi connectivity index (χ1n) is 9.99. The van der Waals surface area contributed by atoms with E-state index in [9.17, 15) is 10.1 Å². The van der Waals surface area contributed by atoms with Gasteiger partial charge in [-0.25, -0.2) is 4.98 Å². The van der Waals surface area contributed by atoms with E-state index >= 15 is 0 Å². The number of nitriles is 1. The van der Waals surface area contributed by atoms with Crippen molar-refractivity contribution in [3.8, 4) is 11.9 Å². The average molecular weight is 375 g/mol. The molecule has 1 atom stereocenters. The van der Waals surface area contributed by atoms with E-state index in [1.807, 2.05) is 24.0 Å². The van der Waals surface area contributed by atoms with Gasteiger partial charge < -0.3 is 9.64 Å². The van der Waals surface area contributed by atoms with E-state index in [4.69, 9.17) is 4.74 Å². The minimum absolute atomic E-state index is 0.102. The highest BCUT2D eigenvalue weighted by molar-refractivity contribution is 5.96. The second-order valence-electron chi connectivity index (χ2n) is 7.90. The summed E-state index contributed by atoms with van der Waals surface area (Å²) < 4.78 is 6.10. The lowest BCUT2D eigenvalue weighted by molar-refractivity contribution is 0.0525. The van der Waals surface area contributed by atoms with Crippen LogP contribution >= 0.6 is 0 Å². The number of hydrogen-bond acceptors (Lipinski definition) is 4. The van der Waals surface area contributed by atoms with Crippen LogP contribution in [0.3, 0.4) is 0 Å². The molecule has 0 spiro atoms. The van der Waals surface area contributed by atoms with E-state index in [2.05, 4.69) is 24.0 Å². The summed E-state index contributed by atoms with van der Waals surface area (Å²) in [6.45, 7) is 5.23. The summed E-state index contributed by atoms with van der Waals surface area (Å²) in [7, 11) is 0. The number of carbonyl (C=O) groups is 1. The van der Waals surface area contributed by atoms with Crippen molar-refractivity contribution in [2.24, 2.45) is 0 Å². The number of rotatable bonds is 4. The molecule has 1 saturated heterocycles. The Labute approximate surface area is 166 Å². The summed E-state index contributed by atoms with van der Waals surface area (Å²) in [4.78, 5) is 19.4. The fourth-order valence-corrected chi connectivity index (χ4v) is 3.91. The van der Waals surface area contributed by atoms with Gasteiger partial charge >= 0.3 is 0 Å². The molecule has 1 saturated carbocycles. The summed E-state index contributed by atoms with van der Waals surface area (Å²) in [6.07, 6.45) is 5.63. The number of aryl methyl sites for hydroxylation is 1. The molecule has 1 aliphatic carbocycles. The molecular formula is C23H25N3O2. The molecule has 28 heavy (non-hydrogen) atoms. The predicted octanol–water partition coefficient (Wildman–Crippen LogP) is 4.13. The molecule has 0 N–H and O–H groups in total. The number of amides is 1. The number of ether oxygens (including phenoxy) is 1. The molecule has 5 nitrogen and oxygen atoms in total. The number of hydrogen-bond donors (Lipinski definition) is 0. The van der Waals surface area contributed by atoms with Crippen molar-refractivity contribution >= 4 is 5.91 Å². The van der Waals surface area contributed by atoms with Crippen LogP contribution in [-0.2, 0) is 0 Å². The molecule has 2 heterocycles. The van der Waals surface area contributed by atoms with E-state index in [-0.39, 0.29) is 12.0 Å². The Balaban J connectivity index is 1.50. The Kier molecular flexibility index (Phi) is 5.04. The number of carbonyl (C=O) groups excluding carboxylic acids is 1. The molecule has 0 unspecified atom stereocenters. The number of nitrogens with zero attached hydrogens (tertiary/aromatic N) is 3. The van der Waals surface area contributed by atoms with Crippen LogP contribution in [0.4, 0.5) is 0 Å². The zero-order chi connectivity index (χ0) is 19.7. The smallest absolute Gasteiger partial charge is 0.254 e. The van der Waals surface area contributed by atoms with Crippen molar-refractivity contribution in [1.82, 2.24) is 9.88 Å². The Morgan fingerprint density at radius 1 is 1.25 bits per heavy atom. The largest absolute Gasteiger partial charge is 0.472 e. The van der Waals surface area contributed by atoms with E-state index in [0.29, 0.717) is 23.9 Å². The van der Waals surface area contributed by atoms with Crippen LogP contribution in [0.1, 0.15) is 64.2 Å². The Morgan fingerprint density at radius 3 is 2.82 bits per heavy atom. The fraction of sp³-hybridized carbons (Fsp3) is 0.435. The SMILES string of the molecule is Cc1ccc(C(=O)N2CCC[C@@H](Oc3nccc(C#N)c3C)C2)c(C2CC2)c1. The van der Waals surface area contributed by atoms with Crippen molar-refractivity contribution in [3.05, 3.63) is 58.3 Å². The van der Waals surface area contributed by atoms with Gasteiger partial charge in [-0.15, -0.1) is 0 Å². The van der Waals surface area contributed by atoms with Gasteiger partial charge in [-0.05, 0) is 63.1 Å². The maximum absolute atomic E-state index is 13.2. The van der Waals surface area contributed by atoms with Crippen LogP contribution in [0, 0.1) is 25.2 Å². The van der Waals surface area contributed by atoms with Crippen molar-refractivity contribution in [1.29, 1.82) is 5.26 Å². The number of piperidine rings is 1. The summed E-state index contributed by atoms with van der Waals surface area (Å²) in [5.41, 5.74) is 4.57. The van der Waals surface area contributed by atoms with Crippen LogP contribution in [0.5, 0.6) is 5.88 Å². The Hall–Kier alpha value is -2.87. The highest BCUT2D eigenvalue weighted by Crippen LogP contribution is 2.42. The average Bonchev–Trinajstić information content (AvgIpc) is 3.54. The minimum Gasteiger partial charge on any atom is -0.472 e. The van der Waals surface area contributed by atoms with Gasteiger partial charge in [0.2, 0.25) is 5.88 Å². The zero-order valence-electron chi connectivity index (χ0n) is 16.4. The number of aromatic nitrogens is 1. The second kappa shape index (κ2) is 7.63. The maximum Gasteiger partial charge on any atom is 0.254 e. The van der Waals surface area contributed by atoms with Crippen molar-refractivity contribution in [2.45, 2.75) is 51.6 Å². The molecule has 1 aliphatic heterocycles. The van der Waals surface area contributed by atoms with Crippen LogP contribution in [0.25, 0.3) is 0 Å². The van der Waals surface area contributed by atoms with Crippen LogP contribution < -0.4 is 4.74 Å². The molecular weight excluding hydrogens is 350 g/mol. The highest BCUT2D eigenvalue weighted by atomic mass is 16.5. The molecule has 1 aromatic heterocycles. The van der Waals surface area contributed by atoms with Crippen molar-refractivity contribution < 1.29 is 9.53 Å². The Bertz CT molecular complexity index is 943. The summed E-state index contributed by atoms with van der Waals surface area (Å²) in [6, 6.07) is 10.0. The van der Waals surface area contributed by atoms with Gasteiger partial charge in [0.05, 0.1) is 18.2 Å². The third kappa shape index (κ3) is 3.73. The Morgan fingerprint density at radius 2 is 2.07 bits per heavy atom. The van der Waals surface area contributed by atoms with E-state index in [0.717, 1.165) is 30.5 Å². The minimum atomic E-state index is -0.104. The van der Waals surface area contributed by atoms with Gasteiger partial charge in [0, 0.05) is 23.9 Å². The summed E-state index contributed by atoms with van der Waals surface area (Å²) in [5.74, 6) is 1.13. The van der Waals surface area contributed by atoms with Crippen LogP contribution in [0.2, 0.25) is 0 Å². The van der Waals surface area contributed by atoms with Crippen molar-refractivity contribution in [2.75, 3.05) is 13.1 Å². The normalized spacial score (nSPS) is 19.2. The molecule has 0 radical (unpaired) electrons. The maximum atomic E-state index is 13.2. The topological polar surface area (TPSA) is 66.2 Å². The molecule has 0 bridgehead atoms. The molecule has 144 valence electrons. The highest BCUT2D eigenvalue weighted by Gasteiger charge is 2.32. The molecule has 4 rings (SSSR count). The van der Waals surface area contributed by atoms with Crippen molar-refractivity contribution in [3.63, 3.8) is 0 Å². The standard InChI is InChI=1S/C23H25N3O2/c1-15-5-8-20(21(12-15)17-6-7-17)23(27)26-11-3-4-19(14-26)28-22-16(2)18(13-24)9-10-25-22/h5,8-10,12,17,19H,3-4,6-7,11,14H2,1-2H3/t19-/m1/s1. The lowest BCUT2D eigenvalue weighted by atomic mass is 9.98. The molecule has 2 aliphatic rings. The monoisotopic (exact) mass is 375 g/mol. The van der Waals surface area contributed by atoms with Gasteiger partial charge in [-0.3, -0.25) is 4.79 Å². The summed E-state index contributed by atoms with van der Waals surface area (Å²) in [5, 5.41) is 9.20. The van der Waals surface area contributed by atoms with Gasteiger partial charge in [-0.1, -0.05) is 17.7 Å². The first kappa shape index (κ1) is 18.5. The fourth-order valence-electron chi connectivity index (χ4n) is 3.91. The molecule has 1 amide bonds. The number of benzene rings is 1. The van der Waals surface area contributed by atoms with E-state index < -0.39 is 0 Å². The first-order valence-corrected chi connectivity index (χ1v) is 9.99. The third-order valence-corrected chi connectivity index (χ3v) is 5.68. The molecule has 1 aromatic carbocycles. The van der Waals surface area contributed by atoms with Gasteiger partial charge in [0.15, 0.2) is 0 Å². The number of likely N-dealkylation sites (tertiary alicyclic amines) is 1. The lowest BCUT2D eigenvalue weighted by Gasteiger charge is -2.33. The van der Waals surface area contributed by atoms with Gasteiger partial charge in [0.25, 0.3) is 5.91 Å². The van der Waals surface area contributed by atoms with E-state index in [1.165, 1.54) is 24.0 Å². The predicted molar refractivity (Wildman–Crippen MR) is 106 cm³/mol. The van der Waals surface area contributed by atoms with Crippen LogP contribution in [0.15, 0.2) is 30.5 Å². The lowest BCUT2D eigenvalue weighted by Crippen LogP contribution is -2.44. The molecule has 2 fully saturated rings. The third-order valence-electron chi connectivity index (χ3n) is 5.68. The summed E-state index contributed by atoms with van der Waals surface area (Å²) >= 11 is 0. The van der Waals surface area contributed by atoms with Crippen LogP contribution in [-0.4, -0.2) is 35.0 Å². The quantitative estimate of drug-likeness (QED) is 0.806. The van der Waals surface area contributed by atoms with E-state index in [1.54, 1.807) is 12.3 Å². The zero-order valence-corrected chi connectivity index (χ0v) is 16.4. The number of pyridine rings is 1. The molecule has 2 aromatic rings. The second-order valence-corrected chi connectivity index (χ2v) is 7.90. The first-order chi connectivity index (χ1) is 13.6. The molecule has 5 heteroatoms. The van der Waals surface area contributed by atoms with Gasteiger partial charge in [0.1, 0.15) is 6.10 Å².